The molecule has 1 atom stereocenters. The molecule has 4 nitrogen and oxygen atoms in total. The fourth-order valence-electron chi connectivity index (χ4n) is 1.86. The number of ketones is 1. The van der Waals surface area contributed by atoms with Crippen LogP contribution >= 0.6 is 0 Å². The van der Waals surface area contributed by atoms with Crippen LogP contribution in [-0.4, -0.2) is 23.5 Å². The van der Waals surface area contributed by atoms with Crippen molar-refractivity contribution in [3.8, 4) is 0 Å². The molecule has 1 aromatic carbocycles. The van der Waals surface area contributed by atoms with Crippen LogP contribution in [0.25, 0.3) is 0 Å². The first kappa shape index (κ1) is 14.5. The summed E-state index contributed by atoms with van der Waals surface area (Å²) in [5, 5.41) is 12.9. The van der Waals surface area contributed by atoms with Crippen LogP contribution < -0.4 is 11.1 Å². The molecule has 100 valence electrons. The average molecular weight is 250 g/mol. The molecule has 0 aliphatic heterocycles. The first-order valence-corrected chi connectivity index (χ1v) is 6.22. The molecule has 4 heteroatoms. The summed E-state index contributed by atoms with van der Waals surface area (Å²) in [6.07, 6.45) is 0.382. The van der Waals surface area contributed by atoms with Gasteiger partial charge >= 0.3 is 0 Å². The highest BCUT2D eigenvalue weighted by molar-refractivity contribution is 5.99. The highest BCUT2D eigenvalue weighted by Gasteiger charge is 2.08. The summed E-state index contributed by atoms with van der Waals surface area (Å²) in [5.74, 6) is 0.422. The van der Waals surface area contributed by atoms with E-state index in [4.69, 9.17) is 5.73 Å². The number of carbonyl (C=O) groups is 1. The lowest BCUT2D eigenvalue weighted by Crippen LogP contribution is -2.21. The van der Waals surface area contributed by atoms with Crippen LogP contribution in [0, 0.1) is 5.92 Å². The van der Waals surface area contributed by atoms with Gasteiger partial charge in [-0.15, -0.1) is 0 Å². The third-order valence-corrected chi connectivity index (χ3v) is 2.72. The van der Waals surface area contributed by atoms with Gasteiger partial charge in [0.2, 0.25) is 0 Å². The first-order valence-electron chi connectivity index (χ1n) is 6.22. The second kappa shape index (κ2) is 6.40. The van der Waals surface area contributed by atoms with Crippen LogP contribution in [0.1, 0.15) is 37.6 Å². The molecule has 0 radical (unpaired) electrons. The minimum Gasteiger partial charge on any atom is -0.398 e. The van der Waals surface area contributed by atoms with Gasteiger partial charge in [-0.05, 0) is 37.5 Å². The molecule has 18 heavy (non-hydrogen) atoms. The fraction of sp³-hybridized carbons (Fsp3) is 0.500. The van der Waals surface area contributed by atoms with Gasteiger partial charge in [0.25, 0.3) is 0 Å². The van der Waals surface area contributed by atoms with Crippen LogP contribution in [-0.2, 0) is 0 Å². The summed E-state index contributed by atoms with van der Waals surface area (Å²) in [7, 11) is 0. The number of nitrogens with one attached hydrogen (secondary N) is 1. The van der Waals surface area contributed by atoms with Crippen molar-refractivity contribution in [3.63, 3.8) is 0 Å². The minimum atomic E-state index is -0.376. The number of carbonyl (C=O) groups excluding carboxylic acids is 1. The molecule has 0 aromatic heterocycles. The van der Waals surface area contributed by atoms with Crippen molar-refractivity contribution in [1.82, 2.24) is 0 Å². The summed E-state index contributed by atoms with van der Waals surface area (Å²) in [5.41, 5.74) is 7.60. The molecular weight excluding hydrogens is 228 g/mol. The van der Waals surface area contributed by atoms with Crippen molar-refractivity contribution < 1.29 is 9.90 Å². The Kier molecular flexibility index (Phi) is 5.16. The molecule has 0 fully saturated rings. The standard InChI is InChI=1S/C14H22N2O2/c1-9(2)6-12(18)8-16-11-4-5-13(10(3)17)14(15)7-11/h4-5,7,9,12,16,18H,6,8,15H2,1-3H3. The van der Waals surface area contributed by atoms with Gasteiger partial charge in [0.15, 0.2) is 5.78 Å². The zero-order valence-corrected chi connectivity index (χ0v) is 11.2. The van der Waals surface area contributed by atoms with E-state index in [1.807, 2.05) is 0 Å². The van der Waals surface area contributed by atoms with Gasteiger partial charge in [0.05, 0.1) is 6.10 Å². The number of nitrogen functional groups attached to an aromatic ring is 1. The number of nitrogens with two attached hydrogens (primary N) is 1. The average Bonchev–Trinajstić information content (AvgIpc) is 2.25. The molecule has 0 spiro atoms. The molecule has 4 N–H and O–H groups in total. The van der Waals surface area contributed by atoms with E-state index in [0.29, 0.717) is 23.7 Å². The summed E-state index contributed by atoms with van der Waals surface area (Å²) >= 11 is 0. The van der Waals surface area contributed by atoms with Crippen molar-refractivity contribution in [1.29, 1.82) is 0 Å². The lowest BCUT2D eigenvalue weighted by atomic mass is 10.1. The SMILES string of the molecule is CC(=O)c1ccc(NCC(O)CC(C)C)cc1N. The van der Waals surface area contributed by atoms with E-state index in [0.717, 1.165) is 12.1 Å². The Hall–Kier alpha value is -1.55. The number of aliphatic hydroxyl groups excluding tert-OH is 1. The van der Waals surface area contributed by atoms with E-state index in [1.165, 1.54) is 6.92 Å². The number of anilines is 2. The van der Waals surface area contributed by atoms with Crippen molar-refractivity contribution in [2.75, 3.05) is 17.6 Å². The van der Waals surface area contributed by atoms with Crippen molar-refractivity contribution >= 4 is 17.2 Å². The quantitative estimate of drug-likeness (QED) is 0.535. The maximum absolute atomic E-state index is 11.2. The molecule has 0 saturated carbocycles. The van der Waals surface area contributed by atoms with Gasteiger partial charge in [-0.25, -0.2) is 0 Å². The molecule has 1 rings (SSSR count). The lowest BCUT2D eigenvalue weighted by molar-refractivity contribution is 0.101. The zero-order valence-electron chi connectivity index (χ0n) is 11.2. The van der Waals surface area contributed by atoms with E-state index < -0.39 is 0 Å². The third-order valence-electron chi connectivity index (χ3n) is 2.72. The molecule has 0 bridgehead atoms. The zero-order chi connectivity index (χ0) is 13.7. The predicted octanol–water partition coefficient (Wildman–Crippen LogP) is 2.29. The number of aliphatic hydroxyl groups is 1. The Morgan fingerprint density at radius 1 is 1.44 bits per heavy atom. The van der Waals surface area contributed by atoms with Gasteiger partial charge in [-0.1, -0.05) is 13.8 Å². The Bertz CT molecular complexity index is 416. The van der Waals surface area contributed by atoms with E-state index in [9.17, 15) is 9.90 Å². The Morgan fingerprint density at radius 2 is 2.11 bits per heavy atom. The van der Waals surface area contributed by atoms with Crippen molar-refractivity contribution in [3.05, 3.63) is 23.8 Å². The maximum atomic E-state index is 11.2. The highest BCUT2D eigenvalue weighted by Crippen LogP contribution is 2.18. The van der Waals surface area contributed by atoms with Gasteiger partial charge in [-0.2, -0.15) is 0 Å². The molecule has 0 aliphatic carbocycles. The molecule has 0 heterocycles. The third kappa shape index (κ3) is 4.37. The van der Waals surface area contributed by atoms with Crippen LogP contribution in [0.3, 0.4) is 0 Å². The number of hydrogen-bond acceptors (Lipinski definition) is 4. The first-order chi connectivity index (χ1) is 8.40. The summed E-state index contributed by atoms with van der Waals surface area (Å²) in [6, 6.07) is 5.23. The topological polar surface area (TPSA) is 75.3 Å². The minimum absolute atomic E-state index is 0.0427. The molecular formula is C14H22N2O2. The summed E-state index contributed by atoms with van der Waals surface area (Å²) < 4.78 is 0. The molecule has 1 unspecified atom stereocenters. The Balaban J connectivity index is 2.58. The summed E-state index contributed by atoms with van der Waals surface area (Å²) in [4.78, 5) is 11.2. The van der Waals surface area contributed by atoms with Crippen LogP contribution in [0.4, 0.5) is 11.4 Å². The fourth-order valence-corrected chi connectivity index (χ4v) is 1.86. The molecule has 0 aliphatic rings. The largest absolute Gasteiger partial charge is 0.398 e. The monoisotopic (exact) mass is 250 g/mol. The molecule has 1 aromatic rings. The van der Waals surface area contributed by atoms with E-state index in [2.05, 4.69) is 19.2 Å². The van der Waals surface area contributed by atoms with Crippen molar-refractivity contribution in [2.45, 2.75) is 33.3 Å². The predicted molar refractivity (Wildman–Crippen MR) is 74.8 cm³/mol. The number of benzene rings is 1. The van der Waals surface area contributed by atoms with Crippen LogP contribution in [0.15, 0.2) is 18.2 Å². The molecule has 0 amide bonds. The Morgan fingerprint density at radius 3 is 2.61 bits per heavy atom. The van der Waals surface area contributed by atoms with Gasteiger partial charge < -0.3 is 16.2 Å². The van der Waals surface area contributed by atoms with Gasteiger partial charge in [0, 0.05) is 23.5 Å². The Labute approximate surface area is 108 Å². The van der Waals surface area contributed by atoms with Gasteiger partial charge in [-0.3, -0.25) is 4.79 Å². The van der Waals surface area contributed by atoms with Crippen molar-refractivity contribution in [2.24, 2.45) is 5.92 Å². The van der Waals surface area contributed by atoms with E-state index in [-0.39, 0.29) is 11.9 Å². The van der Waals surface area contributed by atoms with Crippen LogP contribution in [0.2, 0.25) is 0 Å². The number of rotatable bonds is 6. The van der Waals surface area contributed by atoms with E-state index in [1.54, 1.807) is 18.2 Å². The number of Topliss-reactive ketones (excluding diaryl/α,β-unsaturated/α-hetero) is 1. The second-order valence-electron chi connectivity index (χ2n) is 5.02. The van der Waals surface area contributed by atoms with Crippen LogP contribution in [0.5, 0.6) is 0 Å². The lowest BCUT2D eigenvalue weighted by Gasteiger charge is -2.15. The second-order valence-corrected chi connectivity index (χ2v) is 5.02. The maximum Gasteiger partial charge on any atom is 0.161 e. The molecule has 0 saturated heterocycles. The smallest absolute Gasteiger partial charge is 0.161 e. The summed E-state index contributed by atoms with van der Waals surface area (Å²) in [6.45, 7) is 6.12. The van der Waals surface area contributed by atoms with E-state index >= 15 is 0 Å². The highest BCUT2D eigenvalue weighted by atomic mass is 16.3. The van der Waals surface area contributed by atoms with Gasteiger partial charge in [0.1, 0.15) is 0 Å². The normalized spacial score (nSPS) is 12.5. The number of hydrogen-bond donors (Lipinski definition) is 3.